The number of hydrogen-bond acceptors (Lipinski definition) is 2. The number of hydrogen-bond donors (Lipinski definition) is 2. The second kappa shape index (κ2) is 8.66. The molecule has 0 aliphatic carbocycles. The van der Waals surface area contributed by atoms with Gasteiger partial charge in [-0.2, -0.15) is 0 Å². The molecular formula is C21H24FN3O2. The summed E-state index contributed by atoms with van der Waals surface area (Å²) < 4.78 is 13.0. The van der Waals surface area contributed by atoms with E-state index >= 15 is 0 Å². The van der Waals surface area contributed by atoms with E-state index in [0.717, 1.165) is 18.4 Å². The average molecular weight is 369 g/mol. The molecule has 6 heteroatoms. The number of urea groups is 1. The molecule has 1 saturated heterocycles. The Bertz CT molecular complexity index is 790. The SMILES string of the molecule is Cc1ccc(CNC(=O)[C@@H]2CCCN(C(=O)Nc3ccc(F)cc3)C2)cc1. The van der Waals surface area contributed by atoms with Crippen molar-refractivity contribution in [2.75, 3.05) is 18.4 Å². The number of likely N-dealkylation sites (tertiary alicyclic amines) is 1. The van der Waals surface area contributed by atoms with E-state index in [-0.39, 0.29) is 23.7 Å². The molecule has 3 rings (SSSR count). The number of anilines is 1. The number of carbonyl (C=O) groups is 2. The Morgan fingerprint density at radius 1 is 1.11 bits per heavy atom. The fourth-order valence-corrected chi connectivity index (χ4v) is 3.15. The van der Waals surface area contributed by atoms with Crippen LogP contribution in [0.5, 0.6) is 0 Å². The topological polar surface area (TPSA) is 61.4 Å². The maximum absolute atomic E-state index is 13.0. The van der Waals surface area contributed by atoms with Crippen molar-refractivity contribution < 1.29 is 14.0 Å². The molecule has 1 atom stereocenters. The fraction of sp³-hybridized carbons (Fsp3) is 0.333. The second-order valence-corrected chi connectivity index (χ2v) is 6.93. The smallest absolute Gasteiger partial charge is 0.321 e. The van der Waals surface area contributed by atoms with E-state index in [0.29, 0.717) is 25.3 Å². The molecule has 0 aromatic heterocycles. The third kappa shape index (κ3) is 5.29. The third-order valence-corrected chi connectivity index (χ3v) is 4.76. The highest BCUT2D eigenvalue weighted by atomic mass is 19.1. The van der Waals surface area contributed by atoms with Crippen LogP contribution in [-0.4, -0.2) is 29.9 Å². The first-order valence-electron chi connectivity index (χ1n) is 9.16. The zero-order chi connectivity index (χ0) is 19.2. The molecule has 1 heterocycles. The zero-order valence-corrected chi connectivity index (χ0v) is 15.4. The molecule has 1 aliphatic rings. The molecule has 2 aromatic rings. The van der Waals surface area contributed by atoms with E-state index in [2.05, 4.69) is 10.6 Å². The lowest BCUT2D eigenvalue weighted by atomic mass is 9.97. The third-order valence-electron chi connectivity index (χ3n) is 4.76. The molecule has 0 bridgehead atoms. The number of halogens is 1. The van der Waals surface area contributed by atoms with Gasteiger partial charge < -0.3 is 15.5 Å². The van der Waals surface area contributed by atoms with Crippen molar-refractivity contribution >= 4 is 17.6 Å². The summed E-state index contributed by atoms with van der Waals surface area (Å²) in [6, 6.07) is 13.4. The van der Waals surface area contributed by atoms with Gasteiger partial charge in [-0.1, -0.05) is 29.8 Å². The summed E-state index contributed by atoms with van der Waals surface area (Å²) in [4.78, 5) is 26.6. The Labute approximate surface area is 158 Å². The molecule has 2 N–H and O–H groups in total. The molecule has 1 fully saturated rings. The van der Waals surface area contributed by atoms with Crippen molar-refractivity contribution in [1.29, 1.82) is 0 Å². The Kier molecular flexibility index (Phi) is 6.06. The van der Waals surface area contributed by atoms with Crippen molar-refractivity contribution in [2.24, 2.45) is 5.92 Å². The van der Waals surface area contributed by atoms with E-state index in [1.54, 1.807) is 4.90 Å². The van der Waals surface area contributed by atoms with Gasteiger partial charge in [0.25, 0.3) is 0 Å². The van der Waals surface area contributed by atoms with Crippen LogP contribution < -0.4 is 10.6 Å². The first-order valence-corrected chi connectivity index (χ1v) is 9.16. The highest BCUT2D eigenvalue weighted by Gasteiger charge is 2.28. The summed E-state index contributed by atoms with van der Waals surface area (Å²) in [5.41, 5.74) is 2.77. The summed E-state index contributed by atoms with van der Waals surface area (Å²) in [5, 5.41) is 5.71. The van der Waals surface area contributed by atoms with Gasteiger partial charge in [0.2, 0.25) is 5.91 Å². The summed E-state index contributed by atoms with van der Waals surface area (Å²) in [6.45, 7) is 3.49. The van der Waals surface area contributed by atoms with Crippen LogP contribution in [-0.2, 0) is 11.3 Å². The van der Waals surface area contributed by atoms with E-state index in [1.807, 2.05) is 31.2 Å². The zero-order valence-electron chi connectivity index (χ0n) is 15.4. The number of carbonyl (C=O) groups excluding carboxylic acids is 2. The van der Waals surface area contributed by atoms with Crippen LogP contribution in [0.2, 0.25) is 0 Å². The molecule has 5 nitrogen and oxygen atoms in total. The van der Waals surface area contributed by atoms with Crippen LogP contribution >= 0.6 is 0 Å². The largest absolute Gasteiger partial charge is 0.352 e. The summed E-state index contributed by atoms with van der Waals surface area (Å²) in [6.07, 6.45) is 1.54. The van der Waals surface area contributed by atoms with E-state index in [1.165, 1.54) is 29.8 Å². The maximum atomic E-state index is 13.0. The Hall–Kier alpha value is -2.89. The van der Waals surface area contributed by atoms with E-state index < -0.39 is 0 Å². The molecule has 142 valence electrons. The quantitative estimate of drug-likeness (QED) is 0.863. The first kappa shape index (κ1) is 18.9. The first-order chi connectivity index (χ1) is 13.0. The van der Waals surface area contributed by atoms with Crippen LogP contribution in [0.25, 0.3) is 0 Å². The molecule has 3 amide bonds. The van der Waals surface area contributed by atoms with Crippen LogP contribution in [0.4, 0.5) is 14.9 Å². The molecule has 0 spiro atoms. The highest BCUT2D eigenvalue weighted by Crippen LogP contribution is 2.18. The average Bonchev–Trinajstić information content (AvgIpc) is 2.69. The lowest BCUT2D eigenvalue weighted by Crippen LogP contribution is -2.46. The summed E-state index contributed by atoms with van der Waals surface area (Å²) in [5.74, 6) is -0.602. The van der Waals surface area contributed by atoms with Crippen molar-refractivity contribution in [3.63, 3.8) is 0 Å². The molecular weight excluding hydrogens is 345 g/mol. The normalized spacial score (nSPS) is 16.7. The van der Waals surface area contributed by atoms with Gasteiger partial charge in [0.05, 0.1) is 5.92 Å². The minimum Gasteiger partial charge on any atom is -0.352 e. The maximum Gasteiger partial charge on any atom is 0.321 e. The molecule has 1 aliphatic heterocycles. The van der Waals surface area contributed by atoms with Gasteiger partial charge in [-0.15, -0.1) is 0 Å². The second-order valence-electron chi connectivity index (χ2n) is 6.93. The highest BCUT2D eigenvalue weighted by molar-refractivity contribution is 5.90. The minimum atomic E-state index is -0.351. The van der Waals surface area contributed by atoms with Crippen molar-refractivity contribution in [2.45, 2.75) is 26.3 Å². The van der Waals surface area contributed by atoms with Crippen molar-refractivity contribution in [3.05, 3.63) is 65.5 Å². The molecule has 0 unspecified atom stereocenters. The number of piperidine rings is 1. The van der Waals surface area contributed by atoms with Gasteiger partial charge in [0.15, 0.2) is 0 Å². The molecule has 2 aromatic carbocycles. The monoisotopic (exact) mass is 369 g/mol. The van der Waals surface area contributed by atoms with Crippen molar-refractivity contribution in [3.8, 4) is 0 Å². The number of nitrogens with one attached hydrogen (secondary N) is 2. The lowest BCUT2D eigenvalue weighted by molar-refractivity contribution is -0.126. The number of benzene rings is 2. The number of nitrogens with zero attached hydrogens (tertiary/aromatic N) is 1. The summed E-state index contributed by atoms with van der Waals surface area (Å²) >= 11 is 0. The van der Waals surface area contributed by atoms with E-state index in [9.17, 15) is 14.0 Å². The van der Waals surface area contributed by atoms with E-state index in [4.69, 9.17) is 0 Å². The predicted octanol–water partition coefficient (Wildman–Crippen LogP) is 3.69. The van der Waals surface area contributed by atoms with Gasteiger partial charge in [-0.25, -0.2) is 9.18 Å². The Morgan fingerprint density at radius 3 is 2.52 bits per heavy atom. The van der Waals surface area contributed by atoms with Crippen LogP contribution in [0.1, 0.15) is 24.0 Å². The Balaban J connectivity index is 1.51. The van der Waals surface area contributed by atoms with Crippen molar-refractivity contribution in [1.82, 2.24) is 10.2 Å². The molecule has 0 radical (unpaired) electrons. The van der Waals surface area contributed by atoms with Gasteiger partial charge in [-0.05, 0) is 49.6 Å². The number of aryl methyl sites for hydroxylation is 1. The lowest BCUT2D eigenvalue weighted by Gasteiger charge is -2.32. The van der Waals surface area contributed by atoms with Crippen LogP contribution in [0, 0.1) is 18.7 Å². The fourth-order valence-electron chi connectivity index (χ4n) is 3.15. The molecule has 27 heavy (non-hydrogen) atoms. The van der Waals surface area contributed by atoms with Gasteiger partial charge in [-0.3, -0.25) is 4.79 Å². The van der Waals surface area contributed by atoms with Crippen LogP contribution in [0.3, 0.4) is 0 Å². The minimum absolute atomic E-state index is 0.0325. The summed E-state index contributed by atoms with van der Waals surface area (Å²) in [7, 11) is 0. The van der Waals surface area contributed by atoms with Gasteiger partial charge in [0.1, 0.15) is 5.82 Å². The molecule has 0 saturated carbocycles. The van der Waals surface area contributed by atoms with Gasteiger partial charge >= 0.3 is 6.03 Å². The Morgan fingerprint density at radius 2 is 1.81 bits per heavy atom. The number of rotatable bonds is 4. The standard InChI is InChI=1S/C21H24FN3O2/c1-15-4-6-16(7-5-15)13-23-20(26)17-3-2-12-25(14-17)21(27)24-19-10-8-18(22)9-11-19/h4-11,17H,2-3,12-14H2,1H3,(H,23,26)(H,24,27)/t17-/m1/s1. The van der Waals surface area contributed by atoms with Gasteiger partial charge in [0, 0.05) is 25.3 Å². The predicted molar refractivity (Wildman–Crippen MR) is 103 cm³/mol. The van der Waals surface area contributed by atoms with Crippen LogP contribution in [0.15, 0.2) is 48.5 Å². The number of amides is 3.